The molecule has 0 aliphatic rings. The number of rotatable bonds is 9. The lowest BCUT2D eigenvalue weighted by Crippen LogP contribution is -2.32. The van der Waals surface area contributed by atoms with Crippen molar-refractivity contribution in [2.45, 2.75) is 30.6 Å². The number of benzene rings is 2. The molecular formula is C19H23ClN2O3S. The standard InChI is InChI=1S/C19H23ClN2O3S/c1-2-15(16-6-4-3-5-7-16)14-21-19(23)12-13-22-26(24,25)18-10-8-17(20)9-11-18/h3-11,15,22H,2,12-14H2,1H3,(H,21,23). The highest BCUT2D eigenvalue weighted by Gasteiger charge is 2.15. The van der Waals surface area contributed by atoms with Gasteiger partial charge in [-0.25, -0.2) is 13.1 Å². The summed E-state index contributed by atoms with van der Waals surface area (Å²) in [6.45, 7) is 2.65. The SMILES string of the molecule is CCC(CNC(=O)CCNS(=O)(=O)c1ccc(Cl)cc1)c1ccccc1. The van der Waals surface area contributed by atoms with Crippen molar-refractivity contribution in [1.82, 2.24) is 10.0 Å². The fourth-order valence-electron chi connectivity index (χ4n) is 2.54. The van der Waals surface area contributed by atoms with E-state index in [0.29, 0.717) is 11.6 Å². The third-order valence-electron chi connectivity index (χ3n) is 4.08. The van der Waals surface area contributed by atoms with Crippen LogP contribution >= 0.6 is 11.6 Å². The van der Waals surface area contributed by atoms with Crippen molar-refractivity contribution >= 4 is 27.5 Å². The van der Waals surface area contributed by atoms with E-state index in [1.165, 1.54) is 29.8 Å². The first-order chi connectivity index (χ1) is 12.4. The zero-order valence-electron chi connectivity index (χ0n) is 14.6. The number of hydrogen-bond donors (Lipinski definition) is 2. The lowest BCUT2D eigenvalue weighted by atomic mass is 9.96. The van der Waals surface area contributed by atoms with E-state index in [2.05, 4.69) is 17.0 Å². The molecule has 0 saturated carbocycles. The van der Waals surface area contributed by atoms with Gasteiger partial charge >= 0.3 is 0 Å². The minimum Gasteiger partial charge on any atom is -0.355 e. The second kappa shape index (κ2) is 9.71. The Morgan fingerprint density at radius 2 is 1.73 bits per heavy atom. The van der Waals surface area contributed by atoms with Crippen LogP contribution in [-0.4, -0.2) is 27.4 Å². The van der Waals surface area contributed by atoms with Crippen LogP contribution in [0.3, 0.4) is 0 Å². The van der Waals surface area contributed by atoms with Crippen molar-refractivity contribution < 1.29 is 13.2 Å². The van der Waals surface area contributed by atoms with Crippen LogP contribution < -0.4 is 10.0 Å². The molecule has 140 valence electrons. The van der Waals surface area contributed by atoms with Gasteiger partial charge in [-0.2, -0.15) is 0 Å². The maximum Gasteiger partial charge on any atom is 0.240 e. The molecule has 0 spiro atoms. The summed E-state index contributed by atoms with van der Waals surface area (Å²) in [7, 11) is -3.64. The third-order valence-corrected chi connectivity index (χ3v) is 5.81. The molecule has 2 rings (SSSR count). The van der Waals surface area contributed by atoms with Crippen LogP contribution in [0.2, 0.25) is 5.02 Å². The van der Waals surface area contributed by atoms with Crippen LogP contribution in [0.1, 0.15) is 31.2 Å². The summed E-state index contributed by atoms with van der Waals surface area (Å²) in [6.07, 6.45) is 0.992. The molecule has 2 N–H and O–H groups in total. The lowest BCUT2D eigenvalue weighted by Gasteiger charge is -2.16. The summed E-state index contributed by atoms with van der Waals surface area (Å²) in [6, 6.07) is 15.9. The highest BCUT2D eigenvalue weighted by Crippen LogP contribution is 2.18. The average molecular weight is 395 g/mol. The minimum absolute atomic E-state index is 0.0406. The summed E-state index contributed by atoms with van der Waals surface area (Å²) in [5, 5.41) is 3.34. The molecule has 2 aromatic carbocycles. The Labute approximate surface area is 159 Å². The quantitative estimate of drug-likeness (QED) is 0.685. The van der Waals surface area contributed by atoms with Gasteiger partial charge in [0.25, 0.3) is 0 Å². The van der Waals surface area contributed by atoms with Crippen molar-refractivity contribution in [3.8, 4) is 0 Å². The average Bonchev–Trinajstić information content (AvgIpc) is 2.63. The molecule has 0 bridgehead atoms. The van der Waals surface area contributed by atoms with E-state index in [9.17, 15) is 13.2 Å². The molecule has 1 atom stereocenters. The molecule has 0 heterocycles. The van der Waals surface area contributed by atoms with E-state index in [-0.39, 0.29) is 29.7 Å². The van der Waals surface area contributed by atoms with Gasteiger partial charge in [0.1, 0.15) is 0 Å². The summed E-state index contributed by atoms with van der Waals surface area (Å²) in [5.74, 6) is 0.0593. The van der Waals surface area contributed by atoms with E-state index in [1.54, 1.807) is 0 Å². The van der Waals surface area contributed by atoms with E-state index < -0.39 is 10.0 Å². The highest BCUT2D eigenvalue weighted by atomic mass is 35.5. The number of hydrogen-bond acceptors (Lipinski definition) is 3. The molecule has 0 aliphatic carbocycles. The molecule has 1 unspecified atom stereocenters. The molecule has 2 aromatic rings. The Morgan fingerprint density at radius 3 is 2.35 bits per heavy atom. The first kappa shape index (κ1) is 20.4. The van der Waals surface area contributed by atoms with Crippen molar-refractivity contribution in [3.63, 3.8) is 0 Å². The Morgan fingerprint density at radius 1 is 1.08 bits per heavy atom. The molecule has 1 amide bonds. The highest BCUT2D eigenvalue weighted by molar-refractivity contribution is 7.89. The predicted molar refractivity (Wildman–Crippen MR) is 104 cm³/mol. The lowest BCUT2D eigenvalue weighted by molar-refractivity contribution is -0.121. The molecule has 0 saturated heterocycles. The number of carbonyl (C=O) groups excluding carboxylic acids is 1. The molecule has 5 nitrogen and oxygen atoms in total. The van der Waals surface area contributed by atoms with E-state index in [1.807, 2.05) is 30.3 Å². The topological polar surface area (TPSA) is 75.3 Å². The maximum absolute atomic E-state index is 12.1. The Balaban J connectivity index is 1.79. The largest absolute Gasteiger partial charge is 0.355 e. The summed E-state index contributed by atoms with van der Waals surface area (Å²) in [4.78, 5) is 12.1. The van der Waals surface area contributed by atoms with Crippen LogP contribution in [0.4, 0.5) is 0 Å². The van der Waals surface area contributed by atoms with Crippen LogP contribution in [0.5, 0.6) is 0 Å². The van der Waals surface area contributed by atoms with Gasteiger partial charge < -0.3 is 5.32 Å². The Bertz CT molecular complexity index is 808. The molecule has 26 heavy (non-hydrogen) atoms. The number of amides is 1. The molecule has 0 radical (unpaired) electrons. The zero-order chi connectivity index (χ0) is 19.0. The smallest absolute Gasteiger partial charge is 0.240 e. The number of sulfonamides is 1. The molecule has 0 aromatic heterocycles. The second-order valence-electron chi connectivity index (χ2n) is 5.92. The van der Waals surface area contributed by atoms with Crippen LogP contribution in [-0.2, 0) is 14.8 Å². The monoisotopic (exact) mass is 394 g/mol. The Kier molecular flexibility index (Phi) is 7.63. The normalized spacial score (nSPS) is 12.5. The summed E-state index contributed by atoms with van der Waals surface area (Å²) < 4.78 is 26.7. The third kappa shape index (κ3) is 6.12. The second-order valence-corrected chi connectivity index (χ2v) is 8.13. The Hall–Kier alpha value is -1.89. The fraction of sp³-hybridized carbons (Fsp3) is 0.316. The van der Waals surface area contributed by atoms with Gasteiger partial charge in [-0.1, -0.05) is 48.9 Å². The molecular weight excluding hydrogens is 372 g/mol. The number of nitrogens with one attached hydrogen (secondary N) is 2. The fourth-order valence-corrected chi connectivity index (χ4v) is 3.70. The van der Waals surface area contributed by atoms with Gasteiger partial charge in [0, 0.05) is 30.5 Å². The van der Waals surface area contributed by atoms with Gasteiger partial charge in [-0.15, -0.1) is 0 Å². The van der Waals surface area contributed by atoms with Crippen molar-refractivity contribution in [2.24, 2.45) is 0 Å². The van der Waals surface area contributed by atoms with Gasteiger partial charge in [0.05, 0.1) is 4.90 Å². The molecule has 7 heteroatoms. The van der Waals surface area contributed by atoms with Crippen molar-refractivity contribution in [1.29, 1.82) is 0 Å². The van der Waals surface area contributed by atoms with Crippen LogP contribution in [0.25, 0.3) is 0 Å². The molecule has 0 aliphatic heterocycles. The maximum atomic E-state index is 12.1. The van der Waals surface area contributed by atoms with Crippen molar-refractivity contribution in [2.75, 3.05) is 13.1 Å². The van der Waals surface area contributed by atoms with E-state index >= 15 is 0 Å². The van der Waals surface area contributed by atoms with E-state index in [0.717, 1.165) is 6.42 Å². The first-order valence-electron chi connectivity index (χ1n) is 8.49. The number of carbonyl (C=O) groups is 1. The zero-order valence-corrected chi connectivity index (χ0v) is 16.2. The van der Waals surface area contributed by atoms with Gasteiger partial charge in [0.15, 0.2) is 0 Å². The summed E-state index contributed by atoms with van der Waals surface area (Å²) in [5.41, 5.74) is 1.18. The first-order valence-corrected chi connectivity index (χ1v) is 10.4. The van der Waals surface area contributed by atoms with Gasteiger partial charge in [-0.05, 0) is 36.2 Å². The predicted octanol–water partition coefficient (Wildman–Crippen LogP) is 3.32. The van der Waals surface area contributed by atoms with Gasteiger partial charge in [-0.3, -0.25) is 4.79 Å². The number of halogens is 1. The van der Waals surface area contributed by atoms with Crippen LogP contribution in [0, 0.1) is 0 Å². The van der Waals surface area contributed by atoms with E-state index in [4.69, 9.17) is 11.6 Å². The minimum atomic E-state index is -3.64. The summed E-state index contributed by atoms with van der Waals surface area (Å²) >= 11 is 5.76. The molecule has 0 fully saturated rings. The van der Waals surface area contributed by atoms with Crippen LogP contribution in [0.15, 0.2) is 59.5 Å². The van der Waals surface area contributed by atoms with Gasteiger partial charge in [0.2, 0.25) is 15.9 Å². The van der Waals surface area contributed by atoms with Crippen molar-refractivity contribution in [3.05, 3.63) is 65.2 Å².